The average molecular weight is 269 g/mol. The lowest BCUT2D eigenvalue weighted by Gasteiger charge is -2.15. The molecule has 0 aromatic heterocycles. The minimum Gasteiger partial charge on any atom is -0.260 e. The third kappa shape index (κ3) is 2.07. The summed E-state index contributed by atoms with van der Waals surface area (Å²) >= 11 is 0. The number of hydrogen-bond donors (Lipinski definition) is 0. The monoisotopic (exact) mass is 269 g/mol. The maximum absolute atomic E-state index is 4.73. The molecular formula is C20H15N. The molecule has 0 spiro atoms. The van der Waals surface area contributed by atoms with Crippen molar-refractivity contribution in [1.29, 1.82) is 0 Å². The van der Waals surface area contributed by atoms with Crippen molar-refractivity contribution in [3.8, 4) is 11.1 Å². The summed E-state index contributed by atoms with van der Waals surface area (Å²) in [6.07, 6.45) is 2.07. The number of hydrogen-bond acceptors (Lipinski definition) is 1. The van der Waals surface area contributed by atoms with Crippen molar-refractivity contribution in [3.63, 3.8) is 0 Å². The summed E-state index contributed by atoms with van der Waals surface area (Å²) in [6.45, 7) is 0. The third-order valence-corrected chi connectivity index (χ3v) is 4.01. The predicted molar refractivity (Wildman–Crippen MR) is 88.3 cm³/mol. The summed E-state index contributed by atoms with van der Waals surface area (Å²) in [5, 5.41) is 0. The highest BCUT2D eigenvalue weighted by atomic mass is 14.7. The summed E-state index contributed by atoms with van der Waals surface area (Å²) in [5.74, 6) is 0.204. The van der Waals surface area contributed by atoms with Crippen LogP contribution in [-0.4, -0.2) is 6.21 Å². The van der Waals surface area contributed by atoms with Crippen molar-refractivity contribution in [1.82, 2.24) is 0 Å². The fourth-order valence-electron chi connectivity index (χ4n) is 2.99. The van der Waals surface area contributed by atoms with E-state index in [-0.39, 0.29) is 5.92 Å². The highest BCUT2D eigenvalue weighted by molar-refractivity contribution is 5.89. The van der Waals surface area contributed by atoms with Crippen LogP contribution in [0.4, 0.5) is 5.69 Å². The average Bonchev–Trinajstić information content (AvgIpc) is 2.73. The van der Waals surface area contributed by atoms with Crippen LogP contribution in [0.15, 0.2) is 83.9 Å². The molecule has 0 N–H and O–H groups in total. The molecule has 0 saturated carbocycles. The molecule has 4 rings (SSSR count). The molecule has 0 fully saturated rings. The first-order valence-electron chi connectivity index (χ1n) is 7.21. The van der Waals surface area contributed by atoms with Crippen LogP contribution >= 0.6 is 0 Å². The molecule has 0 aliphatic carbocycles. The highest BCUT2D eigenvalue weighted by Gasteiger charge is 2.20. The Kier molecular flexibility index (Phi) is 2.89. The molecule has 3 aromatic rings. The first-order chi connectivity index (χ1) is 10.4. The van der Waals surface area contributed by atoms with Gasteiger partial charge in [0.25, 0.3) is 0 Å². The lowest BCUT2D eigenvalue weighted by molar-refractivity contribution is 1.11. The SMILES string of the molecule is C1=Nc2ccccc2-c2ccccc2C1c1ccccc1. The maximum Gasteiger partial charge on any atom is 0.0704 e. The second-order valence-corrected chi connectivity index (χ2v) is 5.27. The summed E-state index contributed by atoms with van der Waals surface area (Å²) < 4.78 is 0. The number of rotatable bonds is 1. The minimum absolute atomic E-state index is 0.204. The normalized spacial score (nSPS) is 15.9. The van der Waals surface area contributed by atoms with Gasteiger partial charge in [0.1, 0.15) is 0 Å². The molecule has 0 bridgehead atoms. The number of nitrogens with zero attached hydrogens (tertiary/aromatic N) is 1. The fraction of sp³-hybridized carbons (Fsp3) is 0.0500. The second kappa shape index (κ2) is 5.02. The fourth-order valence-corrected chi connectivity index (χ4v) is 2.99. The van der Waals surface area contributed by atoms with Crippen LogP contribution in [-0.2, 0) is 0 Å². The van der Waals surface area contributed by atoms with Gasteiger partial charge in [0.05, 0.1) is 5.69 Å². The maximum atomic E-state index is 4.73. The van der Waals surface area contributed by atoms with Crippen molar-refractivity contribution in [2.75, 3.05) is 0 Å². The third-order valence-electron chi connectivity index (χ3n) is 4.01. The van der Waals surface area contributed by atoms with Gasteiger partial charge in [-0.1, -0.05) is 72.8 Å². The van der Waals surface area contributed by atoms with Crippen LogP contribution in [0.1, 0.15) is 17.0 Å². The van der Waals surface area contributed by atoms with Gasteiger partial charge in [-0.15, -0.1) is 0 Å². The standard InChI is InChI=1S/C20H15N/c1-2-8-15(9-3-1)19-14-21-20-13-7-6-12-18(20)16-10-4-5-11-17(16)19/h1-14,19H. The van der Waals surface area contributed by atoms with E-state index in [4.69, 9.17) is 4.99 Å². The van der Waals surface area contributed by atoms with Gasteiger partial charge >= 0.3 is 0 Å². The van der Waals surface area contributed by atoms with E-state index in [2.05, 4.69) is 79.0 Å². The Morgan fingerprint density at radius 1 is 0.619 bits per heavy atom. The van der Waals surface area contributed by atoms with Crippen LogP contribution in [0.5, 0.6) is 0 Å². The Bertz CT molecular complexity index is 803. The molecule has 1 aliphatic rings. The predicted octanol–water partition coefficient (Wildman–Crippen LogP) is 5.20. The van der Waals surface area contributed by atoms with Crippen molar-refractivity contribution in [3.05, 3.63) is 90.0 Å². The molecule has 1 unspecified atom stereocenters. The summed E-state index contributed by atoms with van der Waals surface area (Å²) in [7, 11) is 0. The van der Waals surface area contributed by atoms with Gasteiger partial charge in [0.15, 0.2) is 0 Å². The van der Waals surface area contributed by atoms with E-state index in [1.807, 2.05) is 6.07 Å². The van der Waals surface area contributed by atoms with Gasteiger partial charge in [0, 0.05) is 17.7 Å². The van der Waals surface area contributed by atoms with E-state index < -0.39 is 0 Å². The molecule has 0 amide bonds. The van der Waals surface area contributed by atoms with Crippen molar-refractivity contribution < 1.29 is 0 Å². The van der Waals surface area contributed by atoms with E-state index in [9.17, 15) is 0 Å². The summed E-state index contributed by atoms with van der Waals surface area (Å²) in [6, 6.07) is 27.5. The first kappa shape index (κ1) is 12.1. The Balaban J connectivity index is 1.98. The smallest absolute Gasteiger partial charge is 0.0704 e. The first-order valence-corrected chi connectivity index (χ1v) is 7.21. The highest BCUT2D eigenvalue weighted by Crippen LogP contribution is 2.39. The summed E-state index contributed by atoms with van der Waals surface area (Å²) in [5.41, 5.74) is 6.13. The Morgan fingerprint density at radius 2 is 1.29 bits per heavy atom. The van der Waals surface area contributed by atoms with Crippen molar-refractivity contribution in [2.24, 2.45) is 4.99 Å². The molecule has 1 atom stereocenters. The lowest BCUT2D eigenvalue weighted by Crippen LogP contribution is -2.02. The lowest BCUT2D eigenvalue weighted by atomic mass is 9.87. The second-order valence-electron chi connectivity index (χ2n) is 5.27. The van der Waals surface area contributed by atoms with Gasteiger partial charge < -0.3 is 0 Å². The van der Waals surface area contributed by atoms with Crippen LogP contribution in [0, 0.1) is 0 Å². The van der Waals surface area contributed by atoms with Gasteiger partial charge in [0.2, 0.25) is 0 Å². The molecule has 0 saturated heterocycles. The molecule has 1 nitrogen and oxygen atoms in total. The van der Waals surface area contributed by atoms with Crippen molar-refractivity contribution >= 4 is 11.9 Å². The van der Waals surface area contributed by atoms with Crippen LogP contribution in [0.3, 0.4) is 0 Å². The molecule has 100 valence electrons. The molecule has 1 aliphatic heterocycles. The van der Waals surface area contributed by atoms with Crippen LogP contribution in [0.2, 0.25) is 0 Å². The van der Waals surface area contributed by atoms with Crippen LogP contribution in [0.25, 0.3) is 11.1 Å². The van der Waals surface area contributed by atoms with Crippen LogP contribution < -0.4 is 0 Å². The molecule has 0 radical (unpaired) electrons. The van der Waals surface area contributed by atoms with E-state index >= 15 is 0 Å². The number of aliphatic imine (C=N–C) groups is 1. The van der Waals surface area contributed by atoms with Gasteiger partial charge in [-0.2, -0.15) is 0 Å². The molecule has 1 heteroatoms. The van der Waals surface area contributed by atoms with Gasteiger partial charge in [-0.3, -0.25) is 4.99 Å². The zero-order valence-electron chi connectivity index (χ0n) is 11.6. The zero-order chi connectivity index (χ0) is 14.1. The Morgan fingerprint density at radius 3 is 2.14 bits per heavy atom. The van der Waals surface area contributed by atoms with E-state index in [1.54, 1.807) is 0 Å². The van der Waals surface area contributed by atoms with E-state index in [0.29, 0.717) is 0 Å². The minimum atomic E-state index is 0.204. The van der Waals surface area contributed by atoms with Crippen molar-refractivity contribution in [2.45, 2.75) is 5.92 Å². The Labute approximate surface area is 124 Å². The largest absolute Gasteiger partial charge is 0.260 e. The number of fused-ring (bicyclic) bond motifs is 3. The van der Waals surface area contributed by atoms with E-state index in [0.717, 1.165) is 5.69 Å². The van der Waals surface area contributed by atoms with Gasteiger partial charge in [-0.05, 0) is 22.8 Å². The molecule has 21 heavy (non-hydrogen) atoms. The van der Waals surface area contributed by atoms with E-state index in [1.165, 1.54) is 22.3 Å². The number of para-hydroxylation sites is 1. The Hall–Kier alpha value is -2.67. The topological polar surface area (TPSA) is 12.4 Å². The summed E-state index contributed by atoms with van der Waals surface area (Å²) in [4.78, 5) is 4.73. The zero-order valence-corrected chi connectivity index (χ0v) is 11.6. The number of benzene rings is 3. The quantitative estimate of drug-likeness (QED) is 0.575. The molecule has 3 aromatic carbocycles. The molecular weight excluding hydrogens is 254 g/mol. The molecule has 1 heterocycles. The van der Waals surface area contributed by atoms with Gasteiger partial charge in [-0.25, -0.2) is 0 Å².